The summed E-state index contributed by atoms with van der Waals surface area (Å²) in [6.45, 7) is 4.72. The van der Waals surface area contributed by atoms with Gasteiger partial charge in [-0.2, -0.15) is 0 Å². The van der Waals surface area contributed by atoms with Gasteiger partial charge in [0.25, 0.3) is 0 Å². The first-order valence-corrected chi connectivity index (χ1v) is 13.6. The highest BCUT2D eigenvalue weighted by atomic mass is 35.5. The number of carbonyl (C=O) groups excluding carboxylic acids is 1. The Morgan fingerprint density at radius 1 is 0.947 bits per heavy atom. The number of amides is 2. The second-order valence-corrected chi connectivity index (χ2v) is 10.8. The molecule has 2 fully saturated rings. The lowest BCUT2D eigenvalue weighted by Gasteiger charge is -2.43. The van der Waals surface area contributed by atoms with Crippen LogP contribution in [0.25, 0.3) is 0 Å². The molecule has 1 heterocycles. The third-order valence-corrected chi connectivity index (χ3v) is 8.00. The van der Waals surface area contributed by atoms with E-state index in [0.29, 0.717) is 27.6 Å². The zero-order chi connectivity index (χ0) is 27.1. The molecule has 1 saturated carbocycles. The number of carbonyl (C=O) groups is 2. The summed E-state index contributed by atoms with van der Waals surface area (Å²) in [6, 6.07) is 25.2. The van der Waals surface area contributed by atoms with E-state index in [-0.39, 0.29) is 11.4 Å². The SMILES string of the molecule is CC(=O)NC1(c2ccccc2)CCN(C[C@@H]2C[C@@H]2c2ccc(Cl)c(Cl)c2)CC1.O=C(O)Nc1ccccc1. The third-order valence-electron chi connectivity index (χ3n) is 7.26. The van der Waals surface area contributed by atoms with E-state index in [1.165, 1.54) is 17.5 Å². The van der Waals surface area contributed by atoms with E-state index in [0.717, 1.165) is 32.5 Å². The number of anilines is 1. The summed E-state index contributed by atoms with van der Waals surface area (Å²) in [5, 5.41) is 15.0. The highest BCUT2D eigenvalue weighted by molar-refractivity contribution is 6.42. The summed E-state index contributed by atoms with van der Waals surface area (Å²) in [4.78, 5) is 24.5. The largest absolute Gasteiger partial charge is 0.465 e. The number of halogens is 2. The average molecular weight is 555 g/mol. The van der Waals surface area contributed by atoms with Gasteiger partial charge >= 0.3 is 6.09 Å². The molecule has 1 aliphatic carbocycles. The van der Waals surface area contributed by atoms with Crippen molar-refractivity contribution in [1.29, 1.82) is 0 Å². The van der Waals surface area contributed by atoms with Gasteiger partial charge < -0.3 is 15.3 Å². The Morgan fingerprint density at radius 3 is 2.16 bits per heavy atom. The van der Waals surface area contributed by atoms with Crippen molar-refractivity contribution in [2.75, 3.05) is 25.0 Å². The van der Waals surface area contributed by atoms with Crippen LogP contribution in [-0.4, -0.2) is 41.6 Å². The first kappa shape index (κ1) is 28.0. The number of piperidine rings is 1. The molecule has 0 unspecified atom stereocenters. The van der Waals surface area contributed by atoms with Crippen LogP contribution < -0.4 is 10.6 Å². The zero-order valence-electron chi connectivity index (χ0n) is 21.4. The maximum atomic E-state index is 11.9. The van der Waals surface area contributed by atoms with Crippen LogP contribution in [0.2, 0.25) is 10.0 Å². The molecule has 3 N–H and O–H groups in total. The molecule has 0 aromatic heterocycles. The smallest absolute Gasteiger partial charge is 0.409 e. The molecule has 3 aromatic carbocycles. The predicted octanol–water partition coefficient (Wildman–Crippen LogP) is 7.00. The fourth-order valence-corrected chi connectivity index (χ4v) is 5.58. The van der Waals surface area contributed by atoms with E-state index in [9.17, 15) is 9.59 Å². The summed E-state index contributed by atoms with van der Waals surface area (Å²) in [5.74, 6) is 1.31. The summed E-state index contributed by atoms with van der Waals surface area (Å²) in [5.41, 5.74) is 2.87. The van der Waals surface area contributed by atoms with Gasteiger partial charge in [0.05, 0.1) is 15.6 Å². The maximum Gasteiger partial charge on any atom is 0.409 e. The Morgan fingerprint density at radius 2 is 1.58 bits per heavy atom. The summed E-state index contributed by atoms with van der Waals surface area (Å²) in [6.07, 6.45) is 2.07. The van der Waals surface area contributed by atoms with Crippen LogP contribution in [0.4, 0.5) is 10.5 Å². The maximum absolute atomic E-state index is 11.9. The predicted molar refractivity (Wildman–Crippen MR) is 153 cm³/mol. The van der Waals surface area contributed by atoms with Crippen molar-refractivity contribution < 1.29 is 14.7 Å². The van der Waals surface area contributed by atoms with Crippen molar-refractivity contribution in [2.45, 2.75) is 37.6 Å². The van der Waals surface area contributed by atoms with Crippen molar-refractivity contribution in [3.63, 3.8) is 0 Å². The van der Waals surface area contributed by atoms with Gasteiger partial charge in [-0.05, 0) is 66.5 Å². The van der Waals surface area contributed by atoms with E-state index < -0.39 is 6.09 Å². The Balaban J connectivity index is 0.000000283. The van der Waals surface area contributed by atoms with Gasteiger partial charge in [0.2, 0.25) is 5.91 Å². The molecule has 2 amide bonds. The molecule has 200 valence electrons. The van der Waals surface area contributed by atoms with Crippen molar-refractivity contribution in [2.24, 2.45) is 5.92 Å². The molecule has 0 spiro atoms. The molecular formula is C30H33Cl2N3O3. The van der Waals surface area contributed by atoms with Crippen LogP contribution in [0.5, 0.6) is 0 Å². The number of nitrogens with zero attached hydrogens (tertiary/aromatic N) is 1. The van der Waals surface area contributed by atoms with Gasteiger partial charge in [-0.1, -0.05) is 77.8 Å². The number of likely N-dealkylation sites (tertiary alicyclic amines) is 1. The van der Waals surface area contributed by atoms with E-state index >= 15 is 0 Å². The van der Waals surface area contributed by atoms with Crippen LogP contribution in [0.1, 0.15) is 43.2 Å². The Labute approximate surface area is 234 Å². The first-order valence-electron chi connectivity index (χ1n) is 12.8. The van der Waals surface area contributed by atoms with E-state index in [4.69, 9.17) is 28.3 Å². The lowest BCUT2D eigenvalue weighted by atomic mass is 9.80. The van der Waals surface area contributed by atoms with Crippen molar-refractivity contribution in [1.82, 2.24) is 10.2 Å². The Kier molecular flexibility index (Phi) is 9.31. The molecule has 0 radical (unpaired) electrons. The van der Waals surface area contributed by atoms with Gasteiger partial charge in [-0.25, -0.2) is 4.79 Å². The lowest BCUT2D eigenvalue weighted by Crippen LogP contribution is -2.52. The quantitative estimate of drug-likeness (QED) is 0.307. The molecule has 2 aliphatic rings. The Bertz CT molecular complexity index is 1230. The summed E-state index contributed by atoms with van der Waals surface area (Å²) in [7, 11) is 0. The molecule has 3 aromatic rings. The molecule has 8 heteroatoms. The normalized spacial score (nSPS) is 20.0. The number of carboxylic acid groups (broad SMARTS) is 1. The number of para-hydroxylation sites is 1. The Hall–Kier alpha value is -3.06. The minimum atomic E-state index is -1.04. The number of nitrogens with one attached hydrogen (secondary N) is 2. The number of benzene rings is 3. The standard InChI is InChI=1S/C23H26Cl2N2O.C7H7NO2/c1-16(28)26-23(19-5-3-2-4-6-19)9-11-27(12-10-23)15-18-13-20(18)17-7-8-21(24)22(25)14-17;9-7(10)8-6-4-2-1-3-5-6/h2-8,14,18,20H,9-13,15H2,1H3,(H,26,28);1-5,8H,(H,9,10)/t18-,20+;/m0./s1. The fraction of sp³-hybridized carbons (Fsp3) is 0.333. The van der Waals surface area contributed by atoms with Gasteiger partial charge in [0.1, 0.15) is 0 Å². The van der Waals surface area contributed by atoms with Crippen LogP contribution in [0.15, 0.2) is 78.9 Å². The van der Waals surface area contributed by atoms with Crippen molar-refractivity contribution in [3.8, 4) is 0 Å². The topological polar surface area (TPSA) is 81.7 Å². The van der Waals surface area contributed by atoms with E-state index in [1.807, 2.05) is 24.3 Å². The molecule has 1 aliphatic heterocycles. The van der Waals surface area contributed by atoms with E-state index in [2.05, 4.69) is 45.9 Å². The molecule has 1 saturated heterocycles. The molecule has 0 bridgehead atoms. The zero-order valence-corrected chi connectivity index (χ0v) is 22.9. The number of hydrogen-bond donors (Lipinski definition) is 3. The van der Waals surface area contributed by atoms with Crippen LogP contribution in [-0.2, 0) is 10.3 Å². The number of rotatable bonds is 6. The van der Waals surface area contributed by atoms with Gasteiger partial charge in [0, 0.05) is 32.2 Å². The monoisotopic (exact) mass is 553 g/mol. The van der Waals surface area contributed by atoms with Gasteiger partial charge in [0.15, 0.2) is 0 Å². The summed E-state index contributed by atoms with van der Waals surface area (Å²) < 4.78 is 0. The third kappa shape index (κ3) is 7.50. The highest BCUT2D eigenvalue weighted by Gasteiger charge is 2.42. The second kappa shape index (κ2) is 12.7. The van der Waals surface area contributed by atoms with Crippen LogP contribution >= 0.6 is 23.2 Å². The molecule has 6 nitrogen and oxygen atoms in total. The van der Waals surface area contributed by atoms with Crippen molar-refractivity contribution >= 4 is 40.9 Å². The lowest BCUT2D eigenvalue weighted by molar-refractivity contribution is -0.121. The summed E-state index contributed by atoms with van der Waals surface area (Å²) >= 11 is 12.2. The van der Waals surface area contributed by atoms with Crippen molar-refractivity contribution in [3.05, 3.63) is 100 Å². The molecule has 5 rings (SSSR count). The molecule has 38 heavy (non-hydrogen) atoms. The average Bonchev–Trinajstić information content (AvgIpc) is 3.67. The minimum Gasteiger partial charge on any atom is -0.465 e. The minimum absolute atomic E-state index is 0.0409. The van der Waals surface area contributed by atoms with Crippen LogP contribution in [0, 0.1) is 5.92 Å². The van der Waals surface area contributed by atoms with Crippen LogP contribution in [0.3, 0.4) is 0 Å². The second-order valence-electron chi connectivity index (χ2n) is 10.0. The molecule has 2 atom stereocenters. The number of hydrogen-bond acceptors (Lipinski definition) is 3. The van der Waals surface area contributed by atoms with Gasteiger partial charge in [-0.3, -0.25) is 10.1 Å². The molecular weight excluding hydrogens is 521 g/mol. The fourth-order valence-electron chi connectivity index (χ4n) is 5.27. The first-order chi connectivity index (χ1) is 18.3. The van der Waals surface area contributed by atoms with E-state index in [1.54, 1.807) is 31.2 Å². The van der Waals surface area contributed by atoms with Gasteiger partial charge in [-0.15, -0.1) is 0 Å². The highest BCUT2D eigenvalue weighted by Crippen LogP contribution is 2.49.